The highest BCUT2D eigenvalue weighted by Gasteiger charge is 2.33. The number of hydrogen-bond acceptors (Lipinski definition) is 2. The van der Waals surface area contributed by atoms with Crippen molar-refractivity contribution >= 4 is 27.3 Å². The molecule has 0 aliphatic carbocycles. The second-order valence-corrected chi connectivity index (χ2v) is 6.05. The van der Waals surface area contributed by atoms with E-state index in [4.69, 9.17) is 0 Å². The first kappa shape index (κ1) is 15.5. The zero-order valence-corrected chi connectivity index (χ0v) is 13.1. The first-order valence-corrected chi connectivity index (χ1v) is 7.70. The first-order chi connectivity index (χ1) is 9.41. The largest absolute Gasteiger partial charge is 0.417 e. The molecule has 1 unspecified atom stereocenters. The van der Waals surface area contributed by atoms with Crippen molar-refractivity contribution in [3.05, 3.63) is 56.2 Å². The molecule has 0 radical (unpaired) electrons. The summed E-state index contributed by atoms with van der Waals surface area (Å²) < 4.78 is 38.8. The van der Waals surface area contributed by atoms with Crippen molar-refractivity contribution < 1.29 is 13.2 Å². The number of alkyl halides is 3. The lowest BCUT2D eigenvalue weighted by Crippen LogP contribution is -2.19. The first-order valence-electron chi connectivity index (χ1n) is 5.97. The molecule has 1 aromatic carbocycles. The minimum Gasteiger partial charge on any atom is -0.313 e. The van der Waals surface area contributed by atoms with E-state index in [-0.39, 0.29) is 10.5 Å². The Kier molecular flexibility index (Phi) is 4.88. The van der Waals surface area contributed by atoms with E-state index in [0.29, 0.717) is 12.0 Å². The monoisotopic (exact) mass is 363 g/mol. The maximum absolute atomic E-state index is 12.9. The summed E-state index contributed by atoms with van der Waals surface area (Å²) in [4.78, 5) is 0. The van der Waals surface area contributed by atoms with Crippen LogP contribution in [0.4, 0.5) is 13.2 Å². The summed E-state index contributed by atoms with van der Waals surface area (Å²) in [5.41, 5.74) is 1.11. The molecule has 1 N–H and O–H groups in total. The van der Waals surface area contributed by atoms with E-state index in [1.807, 2.05) is 16.8 Å². The molecule has 0 amide bonds. The third kappa shape index (κ3) is 3.62. The van der Waals surface area contributed by atoms with Crippen LogP contribution >= 0.6 is 27.3 Å². The van der Waals surface area contributed by atoms with Crippen molar-refractivity contribution in [3.8, 4) is 0 Å². The van der Waals surface area contributed by atoms with Crippen molar-refractivity contribution in [2.24, 2.45) is 0 Å². The van der Waals surface area contributed by atoms with E-state index in [9.17, 15) is 13.2 Å². The molecule has 0 aliphatic rings. The second kappa shape index (κ2) is 6.28. The average Bonchev–Trinajstić information content (AvgIpc) is 2.88. The van der Waals surface area contributed by atoms with Gasteiger partial charge < -0.3 is 5.32 Å². The van der Waals surface area contributed by atoms with E-state index in [2.05, 4.69) is 21.2 Å². The van der Waals surface area contributed by atoms with Crippen LogP contribution in [0.5, 0.6) is 0 Å². The van der Waals surface area contributed by atoms with Crippen LogP contribution in [-0.2, 0) is 12.6 Å². The highest BCUT2D eigenvalue weighted by molar-refractivity contribution is 9.10. The van der Waals surface area contributed by atoms with Crippen LogP contribution < -0.4 is 5.32 Å². The molecule has 0 bridgehead atoms. The normalized spacial score (nSPS) is 13.4. The quantitative estimate of drug-likeness (QED) is 0.802. The van der Waals surface area contributed by atoms with E-state index in [1.54, 1.807) is 24.5 Å². The molecule has 1 nitrogen and oxygen atoms in total. The fraction of sp³-hybridized carbons (Fsp3) is 0.286. The van der Waals surface area contributed by atoms with E-state index >= 15 is 0 Å². The third-order valence-electron chi connectivity index (χ3n) is 3.07. The molecule has 2 rings (SSSR count). The molecule has 1 atom stereocenters. The lowest BCUT2D eigenvalue weighted by molar-refractivity contribution is -0.138. The van der Waals surface area contributed by atoms with Crippen LogP contribution in [-0.4, -0.2) is 7.05 Å². The van der Waals surface area contributed by atoms with Crippen LogP contribution in [0.25, 0.3) is 0 Å². The van der Waals surface area contributed by atoms with Crippen molar-refractivity contribution in [1.29, 1.82) is 0 Å². The predicted octanol–water partition coefficient (Wildman–Crippen LogP) is 5.03. The fourth-order valence-electron chi connectivity index (χ4n) is 2.01. The molecular formula is C14H13BrF3NS. The summed E-state index contributed by atoms with van der Waals surface area (Å²) in [5, 5.41) is 7.05. The molecule has 108 valence electrons. The number of rotatable bonds is 4. The van der Waals surface area contributed by atoms with Gasteiger partial charge in [-0.05, 0) is 53.6 Å². The highest BCUT2D eigenvalue weighted by Crippen LogP contribution is 2.36. The van der Waals surface area contributed by atoms with Gasteiger partial charge in [0.2, 0.25) is 0 Å². The van der Waals surface area contributed by atoms with Gasteiger partial charge in [-0.2, -0.15) is 24.5 Å². The smallest absolute Gasteiger partial charge is 0.313 e. The van der Waals surface area contributed by atoms with E-state index < -0.39 is 11.7 Å². The topological polar surface area (TPSA) is 12.0 Å². The zero-order chi connectivity index (χ0) is 14.8. The molecular weight excluding hydrogens is 351 g/mol. The fourth-order valence-corrected chi connectivity index (χ4v) is 3.16. The molecule has 0 aliphatic heterocycles. The number of thiophene rings is 1. The van der Waals surface area contributed by atoms with Crippen LogP contribution in [0.1, 0.15) is 22.7 Å². The van der Waals surface area contributed by atoms with Gasteiger partial charge >= 0.3 is 6.18 Å². The van der Waals surface area contributed by atoms with Gasteiger partial charge in [-0.25, -0.2) is 0 Å². The molecule has 0 fully saturated rings. The Hall–Kier alpha value is -0.850. The molecule has 0 saturated carbocycles. The summed E-state index contributed by atoms with van der Waals surface area (Å²) >= 11 is 4.54. The number of halogens is 4. The maximum atomic E-state index is 12.9. The third-order valence-corrected chi connectivity index (χ3v) is 4.49. The van der Waals surface area contributed by atoms with Gasteiger partial charge in [0.25, 0.3) is 0 Å². The van der Waals surface area contributed by atoms with Crippen LogP contribution in [0.15, 0.2) is 39.5 Å². The predicted molar refractivity (Wildman–Crippen MR) is 79.0 cm³/mol. The number of benzene rings is 1. The molecule has 0 saturated heterocycles. The van der Waals surface area contributed by atoms with Gasteiger partial charge in [0.1, 0.15) is 0 Å². The van der Waals surface area contributed by atoms with Gasteiger partial charge in [0, 0.05) is 10.5 Å². The van der Waals surface area contributed by atoms with Crippen molar-refractivity contribution in [2.75, 3.05) is 7.05 Å². The summed E-state index contributed by atoms with van der Waals surface area (Å²) in [6.45, 7) is 0. The Morgan fingerprint density at radius 3 is 2.60 bits per heavy atom. The van der Waals surface area contributed by atoms with Gasteiger partial charge in [-0.15, -0.1) is 0 Å². The Morgan fingerprint density at radius 2 is 2.05 bits per heavy atom. The van der Waals surface area contributed by atoms with Crippen molar-refractivity contribution in [2.45, 2.75) is 18.6 Å². The molecule has 6 heteroatoms. The minimum absolute atomic E-state index is 0.0686. The van der Waals surface area contributed by atoms with Gasteiger partial charge in [-0.1, -0.05) is 22.0 Å². The number of nitrogens with one attached hydrogen (secondary N) is 1. The Balaban J connectivity index is 2.30. The average molecular weight is 364 g/mol. The molecule has 0 spiro atoms. The lowest BCUT2D eigenvalue weighted by atomic mass is 9.98. The highest BCUT2D eigenvalue weighted by atomic mass is 79.9. The lowest BCUT2D eigenvalue weighted by Gasteiger charge is -2.18. The Labute approximate surface area is 128 Å². The molecule has 1 aromatic heterocycles. The maximum Gasteiger partial charge on any atom is 0.417 e. The van der Waals surface area contributed by atoms with E-state index in [0.717, 1.165) is 5.56 Å². The second-order valence-electron chi connectivity index (χ2n) is 4.41. The van der Waals surface area contributed by atoms with Gasteiger partial charge in [0.05, 0.1) is 5.56 Å². The SMILES string of the molecule is CNC(Cc1ccsc1)c1ccc(Br)c(C(F)(F)F)c1. The molecule has 20 heavy (non-hydrogen) atoms. The van der Waals surface area contributed by atoms with E-state index in [1.165, 1.54) is 12.1 Å². The number of likely N-dealkylation sites (N-methyl/N-ethyl adjacent to an activating group) is 1. The summed E-state index contributed by atoms with van der Waals surface area (Å²) in [6, 6.07) is 6.22. The van der Waals surface area contributed by atoms with Crippen LogP contribution in [0.3, 0.4) is 0 Å². The summed E-state index contributed by atoms with van der Waals surface area (Å²) in [6.07, 6.45) is -3.69. The number of hydrogen-bond donors (Lipinski definition) is 1. The molecule has 2 aromatic rings. The minimum atomic E-state index is -4.35. The van der Waals surface area contributed by atoms with Crippen molar-refractivity contribution in [1.82, 2.24) is 5.32 Å². The standard InChI is InChI=1S/C14H13BrF3NS/c1-19-13(6-9-4-5-20-8-9)10-2-3-12(15)11(7-10)14(16,17)18/h2-5,7-8,13,19H,6H2,1H3. The Bertz CT molecular complexity index is 566. The zero-order valence-electron chi connectivity index (χ0n) is 10.7. The van der Waals surface area contributed by atoms with Crippen LogP contribution in [0.2, 0.25) is 0 Å². The summed E-state index contributed by atoms with van der Waals surface area (Å²) in [7, 11) is 1.76. The molecule has 1 heterocycles. The van der Waals surface area contributed by atoms with Gasteiger partial charge in [0.15, 0.2) is 0 Å². The van der Waals surface area contributed by atoms with Gasteiger partial charge in [-0.3, -0.25) is 0 Å². The van der Waals surface area contributed by atoms with Crippen LogP contribution in [0, 0.1) is 0 Å². The van der Waals surface area contributed by atoms with Crippen molar-refractivity contribution in [3.63, 3.8) is 0 Å². The Morgan fingerprint density at radius 1 is 1.30 bits per heavy atom. The summed E-state index contributed by atoms with van der Waals surface area (Å²) in [5.74, 6) is 0.